The van der Waals surface area contributed by atoms with E-state index in [1.807, 2.05) is 30.2 Å². The van der Waals surface area contributed by atoms with Gasteiger partial charge in [-0.2, -0.15) is 0 Å². The van der Waals surface area contributed by atoms with Crippen molar-refractivity contribution < 1.29 is 14.3 Å². The summed E-state index contributed by atoms with van der Waals surface area (Å²) in [6.07, 6.45) is 4.06. The molecule has 4 aliphatic rings. The first-order valence-corrected chi connectivity index (χ1v) is 10.3. The van der Waals surface area contributed by atoms with E-state index >= 15 is 0 Å². The number of benzene rings is 1. The summed E-state index contributed by atoms with van der Waals surface area (Å²) < 4.78 is 5.89. The third-order valence-corrected chi connectivity index (χ3v) is 6.42. The molecule has 152 valence electrons. The molecule has 2 amide bonds. The topological polar surface area (TPSA) is 65.1 Å². The smallest absolute Gasteiger partial charge is 0.254 e. The van der Waals surface area contributed by atoms with Crippen molar-refractivity contribution in [1.29, 1.82) is 0 Å². The maximum atomic E-state index is 12.7. The van der Waals surface area contributed by atoms with Crippen molar-refractivity contribution in [3.05, 3.63) is 52.6 Å². The monoisotopic (exact) mass is 394 g/mol. The minimum Gasteiger partial charge on any atom is -0.488 e. The van der Waals surface area contributed by atoms with Crippen molar-refractivity contribution in [2.24, 2.45) is 0 Å². The number of fused-ring (bicyclic) bond motifs is 1. The number of carbonyl (C=O) groups excluding carboxylic acids is 2. The van der Waals surface area contributed by atoms with E-state index < -0.39 is 0 Å². The number of hydrogen-bond acceptors (Lipinski definition) is 5. The first-order valence-electron chi connectivity index (χ1n) is 10.3. The number of nitrogens with one attached hydrogen (secondary N) is 1. The molecule has 4 heterocycles. The molecular weight excluding hydrogens is 368 g/mol. The number of allylic oxidation sites excluding steroid dienone is 1. The van der Waals surface area contributed by atoms with Crippen LogP contribution < -0.4 is 10.2 Å². The second-order valence-electron chi connectivity index (χ2n) is 8.10. The zero-order valence-electron chi connectivity index (χ0n) is 16.9. The van der Waals surface area contributed by atoms with Gasteiger partial charge in [-0.05, 0) is 49.6 Å². The van der Waals surface area contributed by atoms with Crippen LogP contribution in [0.4, 0.5) is 5.69 Å². The Labute approximate surface area is 170 Å². The van der Waals surface area contributed by atoms with Gasteiger partial charge in [0.2, 0.25) is 0 Å². The number of dihydropyridines is 1. The van der Waals surface area contributed by atoms with Crippen LogP contribution in [0.5, 0.6) is 0 Å². The highest BCUT2D eigenvalue weighted by molar-refractivity contribution is 5.99. The van der Waals surface area contributed by atoms with E-state index in [2.05, 4.69) is 23.2 Å². The molecule has 0 radical (unpaired) electrons. The maximum absolute atomic E-state index is 12.7. The van der Waals surface area contributed by atoms with Crippen LogP contribution in [0.1, 0.15) is 41.7 Å². The Balaban J connectivity index is 1.45. The maximum Gasteiger partial charge on any atom is 0.254 e. The number of ether oxygens (including phenoxy) is 1. The molecule has 1 aromatic carbocycles. The van der Waals surface area contributed by atoms with Crippen LogP contribution in [0.25, 0.3) is 0 Å². The molecule has 0 spiro atoms. The van der Waals surface area contributed by atoms with Gasteiger partial charge in [-0.15, -0.1) is 0 Å². The van der Waals surface area contributed by atoms with E-state index in [-0.39, 0.29) is 17.9 Å². The van der Waals surface area contributed by atoms with Gasteiger partial charge in [0.1, 0.15) is 12.4 Å². The van der Waals surface area contributed by atoms with Crippen LogP contribution in [0.3, 0.4) is 0 Å². The number of hydrogen-bond donors (Lipinski definition) is 1. The predicted octanol–water partition coefficient (Wildman–Crippen LogP) is 1.99. The molecule has 5 rings (SSSR count). The van der Waals surface area contributed by atoms with Gasteiger partial charge < -0.3 is 24.8 Å². The molecule has 29 heavy (non-hydrogen) atoms. The second kappa shape index (κ2) is 6.83. The first kappa shape index (κ1) is 18.1. The lowest BCUT2D eigenvalue weighted by Crippen LogP contribution is -2.43. The van der Waals surface area contributed by atoms with Crippen LogP contribution in [-0.4, -0.2) is 61.4 Å². The van der Waals surface area contributed by atoms with Gasteiger partial charge in [-0.3, -0.25) is 9.59 Å². The Morgan fingerprint density at radius 2 is 2.00 bits per heavy atom. The van der Waals surface area contributed by atoms with Crippen LogP contribution >= 0.6 is 0 Å². The van der Waals surface area contributed by atoms with Crippen LogP contribution in [-0.2, 0) is 9.53 Å². The van der Waals surface area contributed by atoms with Crippen molar-refractivity contribution >= 4 is 17.5 Å². The van der Waals surface area contributed by atoms with Crippen molar-refractivity contribution in [3.8, 4) is 0 Å². The minimum absolute atomic E-state index is 0.0656. The molecule has 0 bridgehead atoms. The fourth-order valence-electron chi connectivity index (χ4n) is 4.59. The predicted molar refractivity (Wildman–Crippen MR) is 109 cm³/mol. The number of carbonyl (C=O) groups is 2. The van der Waals surface area contributed by atoms with Crippen LogP contribution in [0, 0.1) is 0 Å². The summed E-state index contributed by atoms with van der Waals surface area (Å²) in [5, 5.41) is 3.41. The zero-order chi connectivity index (χ0) is 20.1. The van der Waals surface area contributed by atoms with Gasteiger partial charge >= 0.3 is 0 Å². The molecule has 7 nitrogen and oxygen atoms in total. The molecule has 7 heteroatoms. The van der Waals surface area contributed by atoms with E-state index in [9.17, 15) is 9.59 Å². The number of rotatable bonds is 2. The largest absolute Gasteiger partial charge is 0.488 e. The molecule has 1 saturated heterocycles. The Bertz CT molecular complexity index is 945. The van der Waals surface area contributed by atoms with Crippen molar-refractivity contribution in [2.45, 2.75) is 25.8 Å². The molecular formula is C22H26N4O3. The Morgan fingerprint density at radius 3 is 2.79 bits per heavy atom. The van der Waals surface area contributed by atoms with Crippen molar-refractivity contribution in [2.75, 3.05) is 44.7 Å². The molecule has 4 aliphatic heterocycles. The van der Waals surface area contributed by atoms with Crippen molar-refractivity contribution in [1.82, 2.24) is 15.1 Å². The first-order chi connectivity index (χ1) is 14.0. The van der Waals surface area contributed by atoms with Gasteiger partial charge in [0.15, 0.2) is 5.76 Å². The van der Waals surface area contributed by atoms with E-state index in [4.69, 9.17) is 4.74 Å². The highest BCUT2D eigenvalue weighted by atomic mass is 16.5. The van der Waals surface area contributed by atoms with Gasteiger partial charge in [0, 0.05) is 43.5 Å². The molecule has 1 atom stereocenters. The summed E-state index contributed by atoms with van der Waals surface area (Å²) >= 11 is 0. The molecule has 1 fully saturated rings. The fraction of sp³-hybridized carbons (Fsp3) is 0.455. The third kappa shape index (κ3) is 2.87. The minimum atomic E-state index is 0.0656. The molecule has 1 N–H and O–H groups in total. The Kier molecular flexibility index (Phi) is 4.26. The average molecular weight is 394 g/mol. The molecule has 1 aromatic rings. The lowest BCUT2D eigenvalue weighted by Gasteiger charge is -2.36. The van der Waals surface area contributed by atoms with Crippen LogP contribution in [0.2, 0.25) is 0 Å². The zero-order valence-corrected chi connectivity index (χ0v) is 16.9. The quantitative estimate of drug-likeness (QED) is 0.831. The average Bonchev–Trinajstić information content (AvgIpc) is 3.37. The van der Waals surface area contributed by atoms with E-state index in [1.54, 1.807) is 4.90 Å². The molecule has 0 aromatic heterocycles. The highest BCUT2D eigenvalue weighted by Gasteiger charge is 2.33. The summed E-state index contributed by atoms with van der Waals surface area (Å²) in [6.45, 7) is 5.50. The fourth-order valence-corrected chi connectivity index (χ4v) is 4.59. The lowest BCUT2D eigenvalue weighted by atomic mass is 10.0. The van der Waals surface area contributed by atoms with Crippen LogP contribution in [0.15, 0.2) is 41.4 Å². The SMILES string of the molecule is CC1c2cc(N3CCOC4=C3NCC(C(=O)N3CCCC3)=C4)ccc2C(=O)N1C. The highest BCUT2D eigenvalue weighted by Crippen LogP contribution is 2.36. The number of nitrogens with zero attached hydrogens (tertiary/aromatic N) is 3. The lowest BCUT2D eigenvalue weighted by molar-refractivity contribution is -0.126. The van der Waals surface area contributed by atoms with E-state index in [0.29, 0.717) is 25.5 Å². The second-order valence-corrected chi connectivity index (χ2v) is 8.10. The number of amides is 2. The molecule has 0 aliphatic carbocycles. The van der Waals surface area contributed by atoms with E-state index in [1.165, 1.54) is 0 Å². The van der Waals surface area contributed by atoms with Gasteiger partial charge in [0.25, 0.3) is 11.8 Å². The van der Waals surface area contributed by atoms with Gasteiger partial charge in [-0.1, -0.05) is 0 Å². The van der Waals surface area contributed by atoms with Gasteiger partial charge in [-0.25, -0.2) is 0 Å². The molecule has 1 unspecified atom stereocenters. The summed E-state index contributed by atoms with van der Waals surface area (Å²) in [4.78, 5) is 31.0. The standard InChI is InChI=1S/C22H26N4O3/c1-14-18-12-16(5-6-17(18)22(28)24(14)2)26-9-10-29-19-11-15(13-23-20(19)26)21(27)25-7-3-4-8-25/h5-6,11-12,14,23H,3-4,7-10,13H2,1-2H3. The normalized spacial score (nSPS) is 23.5. The molecule has 0 saturated carbocycles. The van der Waals surface area contributed by atoms with Crippen molar-refractivity contribution in [3.63, 3.8) is 0 Å². The summed E-state index contributed by atoms with van der Waals surface area (Å²) in [6, 6.07) is 6.09. The summed E-state index contributed by atoms with van der Waals surface area (Å²) in [5.74, 6) is 1.78. The number of anilines is 1. The Hall–Kier alpha value is -2.96. The third-order valence-electron chi connectivity index (χ3n) is 6.42. The summed E-state index contributed by atoms with van der Waals surface area (Å²) in [7, 11) is 1.84. The summed E-state index contributed by atoms with van der Waals surface area (Å²) in [5.41, 5.74) is 3.62. The Morgan fingerprint density at radius 1 is 1.21 bits per heavy atom. The number of likely N-dealkylation sites (tertiary alicyclic amines) is 1. The van der Waals surface area contributed by atoms with E-state index in [0.717, 1.165) is 54.1 Å². The van der Waals surface area contributed by atoms with Gasteiger partial charge in [0.05, 0.1) is 12.6 Å².